The van der Waals surface area contributed by atoms with Crippen LogP contribution in [0.4, 0.5) is 4.39 Å². The van der Waals surface area contributed by atoms with Crippen molar-refractivity contribution in [2.75, 3.05) is 13.2 Å². The van der Waals surface area contributed by atoms with Gasteiger partial charge in [0.15, 0.2) is 0 Å². The van der Waals surface area contributed by atoms with Crippen LogP contribution in [0, 0.1) is 11.2 Å². The van der Waals surface area contributed by atoms with E-state index >= 15 is 0 Å². The Labute approximate surface area is 157 Å². The average Bonchev–Trinajstić information content (AvgIpc) is 2.94. The number of nitrogens with one attached hydrogen (secondary N) is 1. The molecule has 138 valence electrons. The molecule has 4 nitrogen and oxygen atoms in total. The lowest BCUT2D eigenvalue weighted by molar-refractivity contribution is -0.129. The van der Waals surface area contributed by atoms with E-state index in [1.165, 1.54) is 12.1 Å². The molecule has 0 aromatic heterocycles. The minimum absolute atomic E-state index is 0.0463. The lowest BCUT2D eigenvalue weighted by Crippen LogP contribution is -2.36. The fraction of sp³-hybridized carbons (Fsp3) is 0.350. The summed E-state index contributed by atoms with van der Waals surface area (Å²) < 4.78 is 14.0. The number of carbonyl (C=O) groups excluding carboxylic acids is 1. The summed E-state index contributed by atoms with van der Waals surface area (Å²) in [5.74, 6) is -0.451. The molecule has 0 radical (unpaired) electrons. The molecule has 1 saturated heterocycles. The molecule has 2 atom stereocenters. The van der Waals surface area contributed by atoms with Gasteiger partial charge in [0.1, 0.15) is 5.82 Å². The molecule has 1 fully saturated rings. The predicted octanol–water partition coefficient (Wildman–Crippen LogP) is 2.90. The maximum atomic E-state index is 14.0. The third kappa shape index (κ3) is 3.75. The van der Waals surface area contributed by atoms with Gasteiger partial charge in [0.25, 0.3) is 0 Å². The molecule has 1 aliphatic rings. The number of amides is 1. The first-order valence-electron chi connectivity index (χ1n) is 8.64. The van der Waals surface area contributed by atoms with Gasteiger partial charge in [0.05, 0.1) is 12.0 Å². The first-order valence-corrected chi connectivity index (χ1v) is 9.01. The largest absolute Gasteiger partial charge is 0.395 e. The van der Waals surface area contributed by atoms with Crippen molar-refractivity contribution in [1.82, 2.24) is 5.32 Å². The lowest BCUT2D eigenvalue weighted by atomic mass is 9.81. The van der Waals surface area contributed by atoms with E-state index in [0.29, 0.717) is 36.4 Å². The number of hydrogen-bond acceptors (Lipinski definition) is 3. The average molecular weight is 377 g/mol. The first kappa shape index (κ1) is 18.8. The summed E-state index contributed by atoms with van der Waals surface area (Å²) in [5, 5.41) is 13.1. The van der Waals surface area contributed by atoms with E-state index < -0.39 is 5.41 Å². The molecule has 1 heterocycles. The van der Waals surface area contributed by atoms with Gasteiger partial charge in [-0.1, -0.05) is 35.9 Å². The summed E-state index contributed by atoms with van der Waals surface area (Å²) in [6.07, 6.45) is 1.68. The van der Waals surface area contributed by atoms with Crippen molar-refractivity contribution in [2.45, 2.75) is 25.3 Å². The van der Waals surface area contributed by atoms with E-state index in [1.807, 2.05) is 24.3 Å². The molecule has 1 aliphatic heterocycles. The quantitative estimate of drug-likeness (QED) is 0.725. The Morgan fingerprint density at radius 1 is 1.27 bits per heavy atom. The van der Waals surface area contributed by atoms with Gasteiger partial charge in [-0.05, 0) is 55.1 Å². The molecule has 1 unspecified atom stereocenters. The fourth-order valence-corrected chi connectivity index (χ4v) is 3.78. The van der Waals surface area contributed by atoms with Gasteiger partial charge in [-0.3, -0.25) is 4.79 Å². The van der Waals surface area contributed by atoms with Gasteiger partial charge >= 0.3 is 0 Å². The SMILES string of the molecule is NCCC1(CO)C[C@@H](Cc2ccc(-c3cc(Cl)ccc3F)cc2)NC1=O. The number of benzene rings is 2. The standard InChI is InChI=1S/C20H22ClFN2O2/c21-15-5-6-18(22)17(10-15)14-3-1-13(2-4-14)9-16-11-20(12-25,7-8-23)19(26)24-16/h1-6,10,16,25H,7-9,11-12,23H2,(H,24,26)/t16-,20?/m1/s1. The van der Waals surface area contributed by atoms with Crippen LogP contribution >= 0.6 is 11.6 Å². The Kier molecular flexibility index (Phi) is 5.61. The molecular weight excluding hydrogens is 355 g/mol. The Morgan fingerprint density at radius 2 is 2.00 bits per heavy atom. The molecule has 6 heteroatoms. The number of halogens is 2. The van der Waals surface area contributed by atoms with E-state index in [9.17, 15) is 14.3 Å². The van der Waals surface area contributed by atoms with Gasteiger partial charge in [-0.2, -0.15) is 0 Å². The van der Waals surface area contributed by atoms with Crippen LogP contribution in [-0.2, 0) is 11.2 Å². The zero-order chi connectivity index (χ0) is 18.7. The topological polar surface area (TPSA) is 75.3 Å². The number of hydrogen-bond donors (Lipinski definition) is 3. The maximum Gasteiger partial charge on any atom is 0.228 e. The maximum absolute atomic E-state index is 14.0. The van der Waals surface area contributed by atoms with Gasteiger partial charge in [-0.15, -0.1) is 0 Å². The van der Waals surface area contributed by atoms with Crippen molar-refractivity contribution in [3.8, 4) is 11.1 Å². The van der Waals surface area contributed by atoms with Crippen LogP contribution in [0.3, 0.4) is 0 Å². The Hall–Kier alpha value is -1.95. The molecule has 3 rings (SSSR count). The van der Waals surface area contributed by atoms with E-state index in [0.717, 1.165) is 11.1 Å². The first-order chi connectivity index (χ1) is 12.5. The Balaban J connectivity index is 1.72. The summed E-state index contributed by atoms with van der Waals surface area (Å²) in [6.45, 7) is 0.167. The van der Waals surface area contributed by atoms with Crippen molar-refractivity contribution in [3.63, 3.8) is 0 Å². The summed E-state index contributed by atoms with van der Waals surface area (Å²) in [4.78, 5) is 12.2. The summed E-state index contributed by atoms with van der Waals surface area (Å²) in [6, 6.07) is 12.0. The molecule has 0 spiro atoms. The van der Waals surface area contributed by atoms with Crippen LogP contribution in [0.25, 0.3) is 11.1 Å². The van der Waals surface area contributed by atoms with Gasteiger partial charge in [0, 0.05) is 16.6 Å². The Morgan fingerprint density at radius 3 is 2.65 bits per heavy atom. The molecule has 2 aromatic rings. The second-order valence-electron chi connectivity index (χ2n) is 6.88. The van der Waals surface area contributed by atoms with Crippen LogP contribution in [0.1, 0.15) is 18.4 Å². The number of carbonyl (C=O) groups is 1. The molecule has 0 bridgehead atoms. The highest BCUT2D eigenvalue weighted by Gasteiger charge is 2.45. The predicted molar refractivity (Wildman–Crippen MR) is 100 cm³/mol. The highest BCUT2D eigenvalue weighted by Crippen LogP contribution is 2.34. The van der Waals surface area contributed by atoms with Crippen molar-refractivity contribution >= 4 is 17.5 Å². The molecule has 4 N–H and O–H groups in total. The number of rotatable bonds is 6. The van der Waals surface area contributed by atoms with E-state index in [-0.39, 0.29) is 24.4 Å². The minimum atomic E-state index is -0.775. The Bertz CT molecular complexity index is 797. The smallest absolute Gasteiger partial charge is 0.228 e. The molecule has 2 aromatic carbocycles. The zero-order valence-electron chi connectivity index (χ0n) is 14.3. The van der Waals surface area contributed by atoms with Crippen LogP contribution in [0.15, 0.2) is 42.5 Å². The number of nitrogens with two attached hydrogens (primary N) is 1. The molecule has 1 amide bonds. The summed E-state index contributed by atoms with van der Waals surface area (Å²) >= 11 is 5.95. The van der Waals surface area contributed by atoms with Gasteiger partial charge in [0.2, 0.25) is 5.91 Å². The third-order valence-electron chi connectivity index (χ3n) is 5.06. The summed E-state index contributed by atoms with van der Waals surface area (Å²) in [7, 11) is 0. The monoisotopic (exact) mass is 376 g/mol. The van der Waals surface area contributed by atoms with E-state index in [4.69, 9.17) is 17.3 Å². The lowest BCUT2D eigenvalue weighted by Gasteiger charge is -2.22. The van der Waals surface area contributed by atoms with Crippen LogP contribution in [0.5, 0.6) is 0 Å². The van der Waals surface area contributed by atoms with Crippen LogP contribution < -0.4 is 11.1 Å². The molecule has 0 aliphatic carbocycles. The molecule has 0 saturated carbocycles. The van der Waals surface area contributed by atoms with Crippen LogP contribution in [-0.4, -0.2) is 30.2 Å². The van der Waals surface area contributed by atoms with E-state index in [2.05, 4.69) is 5.32 Å². The minimum Gasteiger partial charge on any atom is -0.395 e. The molecular formula is C20H22ClFN2O2. The van der Waals surface area contributed by atoms with Crippen LogP contribution in [0.2, 0.25) is 5.02 Å². The third-order valence-corrected chi connectivity index (χ3v) is 5.29. The van der Waals surface area contributed by atoms with Crippen molar-refractivity contribution in [1.29, 1.82) is 0 Å². The highest BCUT2D eigenvalue weighted by atomic mass is 35.5. The van der Waals surface area contributed by atoms with Gasteiger partial charge < -0.3 is 16.2 Å². The molecule has 26 heavy (non-hydrogen) atoms. The summed E-state index contributed by atoms with van der Waals surface area (Å²) in [5.41, 5.74) is 7.05. The highest BCUT2D eigenvalue weighted by molar-refractivity contribution is 6.30. The second kappa shape index (κ2) is 7.74. The van der Waals surface area contributed by atoms with Crippen molar-refractivity contribution in [2.24, 2.45) is 11.1 Å². The number of aliphatic hydroxyl groups excluding tert-OH is 1. The second-order valence-corrected chi connectivity index (χ2v) is 7.31. The normalized spacial score (nSPS) is 22.5. The number of aliphatic hydroxyl groups is 1. The van der Waals surface area contributed by atoms with E-state index in [1.54, 1.807) is 6.07 Å². The van der Waals surface area contributed by atoms with Crippen molar-refractivity contribution in [3.05, 3.63) is 58.9 Å². The zero-order valence-corrected chi connectivity index (χ0v) is 15.1. The fourth-order valence-electron chi connectivity index (χ4n) is 3.61. The van der Waals surface area contributed by atoms with Gasteiger partial charge in [-0.25, -0.2) is 4.39 Å². The van der Waals surface area contributed by atoms with Crippen molar-refractivity contribution < 1.29 is 14.3 Å².